The number of nitrogens with zero attached hydrogens (tertiary/aromatic N) is 3. The zero-order valence-electron chi connectivity index (χ0n) is 15.9. The summed E-state index contributed by atoms with van der Waals surface area (Å²) in [4.78, 5) is 9.51. The molecule has 0 aliphatic rings. The predicted octanol–water partition coefficient (Wildman–Crippen LogP) is 3.67. The Morgan fingerprint density at radius 3 is 2.10 bits per heavy atom. The molecule has 7 nitrogen and oxygen atoms in total. The summed E-state index contributed by atoms with van der Waals surface area (Å²) in [5.41, 5.74) is 1.54. The highest BCUT2D eigenvalue weighted by molar-refractivity contribution is 7.92. The molecule has 3 rings (SSSR count). The van der Waals surface area contributed by atoms with Crippen molar-refractivity contribution in [2.24, 2.45) is 0 Å². The summed E-state index contributed by atoms with van der Waals surface area (Å²) < 4.78 is 54.4. The summed E-state index contributed by atoms with van der Waals surface area (Å²) in [5.74, 6) is -1.21. The minimum absolute atomic E-state index is 0.150. The largest absolute Gasteiger partial charge is 0.363 e. The molecular formula is C19H19F2N5O2S. The number of rotatable bonds is 6. The van der Waals surface area contributed by atoms with Gasteiger partial charge in [0.25, 0.3) is 10.0 Å². The third-order valence-corrected chi connectivity index (χ3v) is 5.31. The van der Waals surface area contributed by atoms with Crippen LogP contribution in [0.15, 0.2) is 53.4 Å². The van der Waals surface area contributed by atoms with Gasteiger partial charge in [-0.25, -0.2) is 22.2 Å². The van der Waals surface area contributed by atoms with E-state index in [1.165, 1.54) is 12.1 Å². The molecule has 0 spiro atoms. The molecule has 1 aromatic heterocycles. The van der Waals surface area contributed by atoms with Crippen molar-refractivity contribution in [3.63, 3.8) is 0 Å². The fourth-order valence-electron chi connectivity index (χ4n) is 2.53. The average Bonchev–Trinajstić information content (AvgIpc) is 2.62. The van der Waals surface area contributed by atoms with E-state index >= 15 is 0 Å². The maximum absolute atomic E-state index is 13.8. The smallest absolute Gasteiger partial charge is 0.267 e. The summed E-state index contributed by atoms with van der Waals surface area (Å²) in [6.45, 7) is 1.85. The molecule has 0 radical (unpaired) electrons. The van der Waals surface area contributed by atoms with Crippen LogP contribution in [0.4, 0.5) is 31.9 Å². The molecular weight excluding hydrogens is 400 g/mol. The van der Waals surface area contributed by atoms with E-state index in [-0.39, 0.29) is 5.69 Å². The van der Waals surface area contributed by atoms with Gasteiger partial charge in [0.2, 0.25) is 5.95 Å². The lowest BCUT2D eigenvalue weighted by atomic mass is 10.3. The maximum Gasteiger partial charge on any atom is 0.267 e. The Bertz CT molecular complexity index is 1120. The minimum Gasteiger partial charge on any atom is -0.363 e. The topological polar surface area (TPSA) is 87.2 Å². The molecule has 10 heteroatoms. The number of aromatic nitrogens is 2. The lowest BCUT2D eigenvalue weighted by Gasteiger charge is -2.14. The van der Waals surface area contributed by atoms with Gasteiger partial charge in [-0.15, -0.1) is 0 Å². The molecule has 0 bridgehead atoms. The standard InChI is InChI=1S/C19H19F2N5O2S/c1-12-11-17(26(2)3)24-19(22-12)23-13-7-9-14(10-8-13)25-29(27,28)18-15(20)5-4-6-16(18)21/h4-11,25H,1-3H3,(H,22,23,24). The first-order chi connectivity index (χ1) is 13.7. The molecule has 0 amide bonds. The van der Waals surface area contributed by atoms with E-state index in [0.717, 1.165) is 29.7 Å². The molecule has 0 aliphatic heterocycles. The first-order valence-corrected chi connectivity index (χ1v) is 10.0. The molecule has 0 atom stereocenters. The van der Waals surface area contributed by atoms with Gasteiger partial charge in [-0.05, 0) is 43.3 Å². The SMILES string of the molecule is Cc1cc(N(C)C)nc(Nc2ccc(NS(=O)(=O)c3c(F)cccc3F)cc2)n1. The molecule has 152 valence electrons. The molecule has 0 saturated heterocycles. The minimum atomic E-state index is -4.42. The van der Waals surface area contributed by atoms with E-state index in [9.17, 15) is 17.2 Å². The van der Waals surface area contributed by atoms with Gasteiger partial charge in [-0.2, -0.15) is 4.98 Å². The van der Waals surface area contributed by atoms with Gasteiger partial charge in [0.05, 0.1) is 0 Å². The van der Waals surface area contributed by atoms with Crippen LogP contribution < -0.4 is 14.9 Å². The monoisotopic (exact) mass is 419 g/mol. The number of aryl methyl sites for hydroxylation is 1. The fourth-order valence-corrected chi connectivity index (χ4v) is 3.73. The first kappa shape index (κ1) is 20.5. The predicted molar refractivity (Wildman–Crippen MR) is 108 cm³/mol. The normalized spacial score (nSPS) is 11.2. The van der Waals surface area contributed by atoms with Crippen LogP contribution in [0.3, 0.4) is 0 Å². The van der Waals surface area contributed by atoms with Gasteiger partial charge in [0.15, 0.2) is 4.90 Å². The van der Waals surface area contributed by atoms with Gasteiger partial charge in [-0.3, -0.25) is 4.72 Å². The summed E-state index contributed by atoms with van der Waals surface area (Å²) >= 11 is 0. The molecule has 0 aliphatic carbocycles. The van der Waals surface area contributed by atoms with Crippen LogP contribution in [0, 0.1) is 18.6 Å². The Labute approximate surface area is 167 Å². The van der Waals surface area contributed by atoms with E-state index in [1.807, 2.05) is 32.0 Å². The number of hydrogen-bond donors (Lipinski definition) is 2. The maximum atomic E-state index is 13.8. The first-order valence-electron chi connectivity index (χ1n) is 8.52. The Morgan fingerprint density at radius 1 is 0.931 bits per heavy atom. The van der Waals surface area contributed by atoms with Crippen LogP contribution in [0.25, 0.3) is 0 Å². The molecule has 0 fully saturated rings. The van der Waals surface area contributed by atoms with Crippen LogP contribution >= 0.6 is 0 Å². The Kier molecular flexibility index (Phi) is 5.64. The van der Waals surface area contributed by atoms with Gasteiger partial charge in [0.1, 0.15) is 17.5 Å². The van der Waals surface area contributed by atoms with Crippen LogP contribution in [0.2, 0.25) is 0 Å². The zero-order valence-corrected chi connectivity index (χ0v) is 16.8. The second-order valence-corrected chi connectivity index (χ2v) is 8.06. The molecule has 0 unspecified atom stereocenters. The van der Waals surface area contributed by atoms with Crippen molar-refractivity contribution >= 4 is 33.2 Å². The second-order valence-electron chi connectivity index (χ2n) is 6.44. The Balaban J connectivity index is 1.79. The lowest BCUT2D eigenvalue weighted by Crippen LogP contribution is -2.16. The van der Waals surface area contributed by atoms with Gasteiger partial charge in [0, 0.05) is 37.2 Å². The van der Waals surface area contributed by atoms with E-state index in [2.05, 4.69) is 20.0 Å². The number of benzene rings is 2. The Morgan fingerprint density at radius 2 is 1.52 bits per heavy atom. The highest BCUT2D eigenvalue weighted by Crippen LogP contribution is 2.24. The number of halogens is 2. The summed E-state index contributed by atoms with van der Waals surface area (Å²) in [6.07, 6.45) is 0. The summed E-state index contributed by atoms with van der Waals surface area (Å²) in [6, 6.07) is 10.8. The molecule has 1 heterocycles. The van der Waals surface area contributed by atoms with Gasteiger partial charge in [-0.1, -0.05) is 6.07 Å². The Hall–Kier alpha value is -3.27. The average molecular weight is 419 g/mol. The third-order valence-electron chi connectivity index (χ3n) is 3.88. The van der Waals surface area contributed by atoms with Crippen LogP contribution in [0.1, 0.15) is 5.69 Å². The van der Waals surface area contributed by atoms with Crippen molar-refractivity contribution in [2.45, 2.75) is 11.8 Å². The van der Waals surface area contributed by atoms with Crippen molar-refractivity contribution in [2.75, 3.05) is 29.0 Å². The quantitative estimate of drug-likeness (QED) is 0.634. The summed E-state index contributed by atoms with van der Waals surface area (Å²) in [5, 5.41) is 3.03. The van der Waals surface area contributed by atoms with Crippen molar-refractivity contribution in [3.8, 4) is 0 Å². The highest BCUT2D eigenvalue weighted by atomic mass is 32.2. The van der Waals surface area contributed by atoms with Crippen molar-refractivity contribution < 1.29 is 17.2 Å². The lowest BCUT2D eigenvalue weighted by molar-refractivity contribution is 0.521. The fraction of sp³-hybridized carbons (Fsp3) is 0.158. The van der Waals surface area contributed by atoms with Crippen molar-refractivity contribution in [1.82, 2.24) is 9.97 Å². The number of hydrogen-bond acceptors (Lipinski definition) is 6. The van der Waals surface area contributed by atoms with Crippen molar-refractivity contribution in [3.05, 3.63) is 65.9 Å². The van der Waals surface area contributed by atoms with E-state index < -0.39 is 26.6 Å². The number of nitrogens with one attached hydrogen (secondary N) is 2. The van der Waals surface area contributed by atoms with E-state index in [0.29, 0.717) is 11.6 Å². The van der Waals surface area contributed by atoms with Gasteiger partial charge < -0.3 is 10.2 Å². The highest BCUT2D eigenvalue weighted by Gasteiger charge is 2.23. The van der Waals surface area contributed by atoms with Gasteiger partial charge >= 0.3 is 0 Å². The number of anilines is 4. The van der Waals surface area contributed by atoms with E-state index in [1.54, 1.807) is 12.1 Å². The van der Waals surface area contributed by atoms with Crippen LogP contribution in [-0.2, 0) is 10.0 Å². The molecule has 2 aromatic carbocycles. The molecule has 29 heavy (non-hydrogen) atoms. The number of sulfonamides is 1. The zero-order chi connectivity index (χ0) is 21.2. The molecule has 2 N–H and O–H groups in total. The molecule has 0 saturated carbocycles. The van der Waals surface area contributed by atoms with E-state index in [4.69, 9.17) is 0 Å². The third kappa shape index (κ3) is 4.77. The second kappa shape index (κ2) is 8.00. The molecule has 3 aromatic rings. The van der Waals surface area contributed by atoms with Crippen molar-refractivity contribution in [1.29, 1.82) is 0 Å². The summed E-state index contributed by atoms with van der Waals surface area (Å²) in [7, 11) is -0.686. The van der Waals surface area contributed by atoms with Crippen LogP contribution in [-0.4, -0.2) is 32.5 Å². The van der Waals surface area contributed by atoms with Crippen LogP contribution in [0.5, 0.6) is 0 Å².